The molecule has 0 saturated carbocycles. The van der Waals surface area contributed by atoms with Crippen LogP contribution in [0.4, 0.5) is 5.69 Å². The molecule has 2 heterocycles. The molecular weight excluding hydrogens is 300 g/mol. The van der Waals surface area contributed by atoms with Crippen molar-refractivity contribution < 1.29 is 9.90 Å². The van der Waals surface area contributed by atoms with Crippen LogP contribution in [-0.4, -0.2) is 40.7 Å². The monoisotopic (exact) mass is 318 g/mol. The third-order valence-corrected chi connectivity index (χ3v) is 4.76. The molecule has 0 saturated heterocycles. The number of aliphatic hydroxyl groups is 1. The first-order valence-corrected chi connectivity index (χ1v) is 7.93. The lowest BCUT2D eigenvalue weighted by atomic mass is 10.0. The van der Waals surface area contributed by atoms with E-state index >= 15 is 0 Å². The van der Waals surface area contributed by atoms with Crippen LogP contribution in [-0.2, 0) is 6.42 Å². The highest BCUT2D eigenvalue weighted by Gasteiger charge is 2.19. The number of anilines is 1. The molecule has 116 valence electrons. The fourth-order valence-electron chi connectivity index (χ4n) is 2.62. The largest absolute Gasteiger partial charge is 0.387 e. The van der Waals surface area contributed by atoms with Crippen molar-refractivity contribution in [2.45, 2.75) is 19.4 Å². The number of carbonyl (C=O) groups excluding carboxylic acids is 1. The molecule has 1 aliphatic rings. The van der Waals surface area contributed by atoms with Crippen molar-refractivity contribution in [1.29, 1.82) is 0 Å². The molecule has 1 aromatic carbocycles. The molecule has 6 nitrogen and oxygen atoms in total. The van der Waals surface area contributed by atoms with Crippen LogP contribution in [0.25, 0.3) is 0 Å². The van der Waals surface area contributed by atoms with E-state index in [0.29, 0.717) is 10.6 Å². The van der Waals surface area contributed by atoms with Gasteiger partial charge >= 0.3 is 0 Å². The van der Waals surface area contributed by atoms with E-state index in [9.17, 15) is 9.90 Å². The van der Waals surface area contributed by atoms with Gasteiger partial charge in [-0.3, -0.25) is 4.79 Å². The van der Waals surface area contributed by atoms with Gasteiger partial charge in [0.25, 0.3) is 5.91 Å². The average Bonchev–Trinajstić information content (AvgIpc) is 3.10. The van der Waals surface area contributed by atoms with Crippen molar-refractivity contribution in [2.75, 3.05) is 25.0 Å². The van der Waals surface area contributed by atoms with E-state index in [1.807, 2.05) is 18.2 Å². The van der Waals surface area contributed by atoms with Crippen molar-refractivity contribution in [2.24, 2.45) is 0 Å². The average molecular weight is 318 g/mol. The van der Waals surface area contributed by atoms with Crippen LogP contribution in [0.5, 0.6) is 0 Å². The number of benzene rings is 1. The van der Waals surface area contributed by atoms with Crippen LogP contribution in [0.1, 0.15) is 32.6 Å². The number of hydrogen-bond acceptors (Lipinski definition) is 6. The van der Waals surface area contributed by atoms with Crippen LogP contribution in [0.2, 0.25) is 0 Å². The van der Waals surface area contributed by atoms with Gasteiger partial charge in [-0.2, -0.15) is 0 Å². The second-order valence-corrected chi connectivity index (χ2v) is 6.23. The lowest BCUT2D eigenvalue weighted by molar-refractivity contribution is 0.0919. The molecule has 7 heteroatoms. The first-order valence-electron chi connectivity index (χ1n) is 7.15. The fraction of sp³-hybridized carbons (Fsp3) is 0.400. The minimum Gasteiger partial charge on any atom is -0.387 e. The van der Waals surface area contributed by atoms with Crippen LogP contribution in [0.15, 0.2) is 18.2 Å². The molecule has 3 rings (SSSR count). The second-order valence-electron chi connectivity index (χ2n) is 5.47. The molecule has 2 aromatic rings. The molecular formula is C15H18N4O2S. The maximum absolute atomic E-state index is 12.0. The first-order chi connectivity index (χ1) is 10.6. The van der Waals surface area contributed by atoms with Gasteiger partial charge in [0.1, 0.15) is 4.88 Å². The van der Waals surface area contributed by atoms with Crippen LogP contribution in [0.3, 0.4) is 0 Å². The Labute approximate surface area is 132 Å². The van der Waals surface area contributed by atoms with Gasteiger partial charge in [-0.15, -0.1) is 5.10 Å². The number of hydrogen-bond donors (Lipinski definition) is 2. The van der Waals surface area contributed by atoms with Crippen molar-refractivity contribution >= 4 is 23.1 Å². The number of rotatable bonds is 4. The summed E-state index contributed by atoms with van der Waals surface area (Å²) in [6, 6.07) is 5.96. The zero-order valence-corrected chi connectivity index (χ0v) is 13.4. The summed E-state index contributed by atoms with van der Waals surface area (Å²) in [4.78, 5) is 14.7. The second kappa shape index (κ2) is 6.02. The number of likely N-dealkylation sites (N-methyl/N-ethyl adjacent to an activating group) is 1. The standard InChI is InChI=1S/C15H18N4O2S/c1-9-14(22-18-17-9)15(21)16-8-13(20)11-3-4-12-10(7-11)5-6-19(12)2/h3-4,7,13,20H,5-6,8H2,1-2H3,(H,16,21). The van der Waals surface area contributed by atoms with Crippen molar-refractivity contribution in [3.05, 3.63) is 39.9 Å². The van der Waals surface area contributed by atoms with Crippen molar-refractivity contribution in [1.82, 2.24) is 14.9 Å². The zero-order chi connectivity index (χ0) is 15.7. The highest BCUT2D eigenvalue weighted by atomic mass is 32.1. The first kappa shape index (κ1) is 14.9. The van der Waals surface area contributed by atoms with Gasteiger partial charge in [-0.25, -0.2) is 0 Å². The van der Waals surface area contributed by atoms with E-state index in [-0.39, 0.29) is 12.5 Å². The minimum atomic E-state index is -0.721. The number of fused-ring (bicyclic) bond motifs is 1. The van der Waals surface area contributed by atoms with Gasteiger partial charge in [0, 0.05) is 25.8 Å². The number of carbonyl (C=O) groups is 1. The normalized spacial score (nSPS) is 14.8. The molecule has 1 amide bonds. The summed E-state index contributed by atoms with van der Waals surface area (Å²) in [5, 5.41) is 16.8. The van der Waals surface area contributed by atoms with Crippen molar-refractivity contribution in [3.63, 3.8) is 0 Å². The summed E-state index contributed by atoms with van der Waals surface area (Å²) < 4.78 is 3.74. The minimum absolute atomic E-state index is 0.171. The third kappa shape index (κ3) is 2.82. The molecule has 2 N–H and O–H groups in total. The Morgan fingerprint density at radius 1 is 1.55 bits per heavy atom. The van der Waals surface area contributed by atoms with Gasteiger partial charge in [0.05, 0.1) is 11.8 Å². The van der Waals surface area contributed by atoms with E-state index in [0.717, 1.165) is 30.1 Å². The zero-order valence-electron chi connectivity index (χ0n) is 12.5. The Bertz CT molecular complexity index is 701. The molecule has 1 atom stereocenters. The number of aliphatic hydroxyl groups excluding tert-OH is 1. The summed E-state index contributed by atoms with van der Waals surface area (Å²) >= 11 is 1.06. The van der Waals surface area contributed by atoms with E-state index < -0.39 is 6.10 Å². The Hall–Kier alpha value is -1.99. The van der Waals surface area contributed by atoms with Gasteiger partial charge in [-0.05, 0) is 42.1 Å². The molecule has 0 spiro atoms. The number of nitrogens with zero attached hydrogens (tertiary/aromatic N) is 3. The summed E-state index contributed by atoms with van der Waals surface area (Å²) in [5.74, 6) is -0.243. The summed E-state index contributed by atoms with van der Waals surface area (Å²) in [6.07, 6.45) is 0.270. The third-order valence-electron chi connectivity index (χ3n) is 3.93. The van der Waals surface area contributed by atoms with Gasteiger partial charge in [-0.1, -0.05) is 16.6 Å². The van der Waals surface area contributed by atoms with Crippen LogP contribution in [0, 0.1) is 6.92 Å². The topological polar surface area (TPSA) is 78.3 Å². The number of nitrogens with one attached hydrogen (secondary N) is 1. The van der Waals surface area contributed by atoms with Gasteiger partial charge in [0.2, 0.25) is 0 Å². The van der Waals surface area contributed by atoms with E-state index in [1.54, 1.807) is 6.92 Å². The maximum atomic E-state index is 12.0. The van der Waals surface area contributed by atoms with Gasteiger partial charge in [0.15, 0.2) is 0 Å². The lowest BCUT2D eigenvalue weighted by Crippen LogP contribution is -2.28. The molecule has 1 aliphatic heterocycles. The predicted molar refractivity (Wildman–Crippen MR) is 85.4 cm³/mol. The Balaban J connectivity index is 1.64. The molecule has 0 radical (unpaired) electrons. The number of aryl methyl sites for hydroxylation is 1. The molecule has 22 heavy (non-hydrogen) atoms. The van der Waals surface area contributed by atoms with Crippen LogP contribution < -0.4 is 10.2 Å². The van der Waals surface area contributed by atoms with Crippen molar-refractivity contribution in [3.8, 4) is 0 Å². The van der Waals surface area contributed by atoms with E-state index in [2.05, 4.69) is 26.9 Å². The Morgan fingerprint density at radius 2 is 2.36 bits per heavy atom. The quantitative estimate of drug-likeness (QED) is 0.888. The maximum Gasteiger partial charge on any atom is 0.265 e. The molecule has 0 aliphatic carbocycles. The molecule has 1 unspecified atom stereocenters. The van der Waals surface area contributed by atoms with E-state index in [1.165, 1.54) is 11.3 Å². The SMILES string of the molecule is Cc1nnsc1C(=O)NCC(O)c1ccc2c(c1)CCN2C. The Kier molecular flexibility index (Phi) is 4.08. The van der Waals surface area contributed by atoms with Gasteiger partial charge < -0.3 is 15.3 Å². The molecule has 0 bridgehead atoms. The van der Waals surface area contributed by atoms with Crippen LogP contribution >= 0.6 is 11.5 Å². The molecule has 1 aromatic heterocycles. The summed E-state index contributed by atoms with van der Waals surface area (Å²) in [7, 11) is 2.06. The highest BCUT2D eigenvalue weighted by molar-refractivity contribution is 7.07. The smallest absolute Gasteiger partial charge is 0.265 e. The van der Waals surface area contributed by atoms with E-state index in [4.69, 9.17) is 0 Å². The highest BCUT2D eigenvalue weighted by Crippen LogP contribution is 2.29. The summed E-state index contributed by atoms with van der Waals surface area (Å²) in [6.45, 7) is 2.92. The number of aromatic nitrogens is 2. The Morgan fingerprint density at radius 3 is 3.09 bits per heavy atom. The summed E-state index contributed by atoms with van der Waals surface area (Å²) in [5.41, 5.74) is 3.89. The molecule has 0 fully saturated rings. The lowest BCUT2D eigenvalue weighted by Gasteiger charge is -2.15. The number of amides is 1. The predicted octanol–water partition coefficient (Wildman–Crippen LogP) is 1.30. The fourth-order valence-corrected chi connectivity index (χ4v) is 3.19.